The van der Waals surface area contributed by atoms with Gasteiger partial charge in [0, 0.05) is 42.6 Å². The molecule has 1 amide bonds. The highest BCUT2D eigenvalue weighted by molar-refractivity contribution is 6.30. The number of carbonyl (C=O) groups excluding carboxylic acids is 3. The summed E-state index contributed by atoms with van der Waals surface area (Å²) < 4.78 is 0. The first-order valence-corrected chi connectivity index (χ1v) is 10.4. The highest BCUT2D eigenvalue weighted by atomic mass is 35.5. The molecule has 0 spiro atoms. The lowest BCUT2D eigenvalue weighted by Gasteiger charge is -2.17. The minimum Gasteiger partial charge on any atom is -0.353 e. The average Bonchev–Trinajstić information content (AvgIpc) is 2.96. The van der Waals surface area contributed by atoms with Crippen LogP contribution in [0.5, 0.6) is 0 Å². The number of aryl methyl sites for hydroxylation is 2. The van der Waals surface area contributed by atoms with Crippen LogP contribution < -0.4 is 5.32 Å². The second-order valence-corrected chi connectivity index (χ2v) is 8.15. The highest BCUT2D eigenvalue weighted by Gasteiger charge is 2.43. The zero-order valence-corrected chi connectivity index (χ0v) is 18.3. The standard InChI is InChI=1S/C23H22Cl2N2O3/c1-13-8-15(18-5-4-17(25)12-27-18)9-14(2)21(13)22-19(28)10-16(23(22)30)11-20(29)26-7-3-6-24/h3-6,8-9,12,16,22H,7,10-11H2,1-2H3,(H,26,29)/b6-3+. The van der Waals surface area contributed by atoms with Gasteiger partial charge < -0.3 is 5.32 Å². The summed E-state index contributed by atoms with van der Waals surface area (Å²) in [6.07, 6.45) is 3.26. The summed E-state index contributed by atoms with van der Waals surface area (Å²) in [6.45, 7) is 4.07. The summed E-state index contributed by atoms with van der Waals surface area (Å²) in [7, 11) is 0. The minimum atomic E-state index is -0.822. The van der Waals surface area contributed by atoms with Crippen molar-refractivity contribution in [2.24, 2.45) is 5.92 Å². The fraction of sp³-hybridized carbons (Fsp3) is 0.304. The number of benzene rings is 1. The molecule has 0 aliphatic heterocycles. The molecule has 0 bridgehead atoms. The van der Waals surface area contributed by atoms with Gasteiger partial charge in [0.05, 0.1) is 10.7 Å². The zero-order chi connectivity index (χ0) is 21.8. The lowest BCUT2D eigenvalue weighted by atomic mass is 9.85. The molecule has 1 aromatic heterocycles. The molecular formula is C23H22Cl2N2O3. The molecule has 5 nitrogen and oxygen atoms in total. The van der Waals surface area contributed by atoms with E-state index in [1.54, 1.807) is 18.3 Å². The molecule has 0 saturated heterocycles. The van der Waals surface area contributed by atoms with Crippen LogP contribution in [0.25, 0.3) is 11.3 Å². The number of nitrogens with one attached hydrogen (secondary N) is 1. The number of rotatable bonds is 6. The van der Waals surface area contributed by atoms with Crippen molar-refractivity contribution < 1.29 is 14.4 Å². The molecule has 2 aromatic rings. The van der Waals surface area contributed by atoms with E-state index in [0.29, 0.717) is 11.6 Å². The van der Waals surface area contributed by atoms with Crippen molar-refractivity contribution in [3.63, 3.8) is 0 Å². The smallest absolute Gasteiger partial charge is 0.220 e. The van der Waals surface area contributed by atoms with Gasteiger partial charge >= 0.3 is 0 Å². The van der Waals surface area contributed by atoms with E-state index in [1.807, 2.05) is 32.0 Å². The fourth-order valence-corrected chi connectivity index (χ4v) is 4.17. The molecule has 2 atom stereocenters. The molecule has 1 N–H and O–H groups in total. The number of halogens is 2. The maximum atomic E-state index is 13.0. The first-order valence-electron chi connectivity index (χ1n) is 9.63. The number of Topliss-reactive ketones (excluding diaryl/α,β-unsaturated/α-hetero) is 2. The molecule has 156 valence electrons. The number of amides is 1. The van der Waals surface area contributed by atoms with Gasteiger partial charge in [-0.05, 0) is 54.8 Å². The first-order chi connectivity index (χ1) is 14.3. The van der Waals surface area contributed by atoms with Crippen LogP contribution in [0.1, 0.15) is 35.4 Å². The van der Waals surface area contributed by atoms with Gasteiger partial charge in [-0.15, -0.1) is 0 Å². The Morgan fingerprint density at radius 3 is 2.53 bits per heavy atom. The molecule has 2 unspecified atom stereocenters. The van der Waals surface area contributed by atoms with Crippen LogP contribution in [0.15, 0.2) is 42.1 Å². The normalized spacial score (nSPS) is 18.9. The third-order valence-electron chi connectivity index (χ3n) is 5.30. The van der Waals surface area contributed by atoms with Gasteiger partial charge in [0.1, 0.15) is 11.7 Å². The summed E-state index contributed by atoms with van der Waals surface area (Å²) >= 11 is 11.3. The lowest BCUT2D eigenvalue weighted by Crippen LogP contribution is -2.27. The van der Waals surface area contributed by atoms with Crippen LogP contribution in [-0.2, 0) is 14.4 Å². The molecule has 1 heterocycles. The summed E-state index contributed by atoms with van der Waals surface area (Å²) in [5, 5.41) is 3.22. The van der Waals surface area contributed by atoms with E-state index in [1.165, 1.54) is 5.54 Å². The molecular weight excluding hydrogens is 423 g/mol. The van der Waals surface area contributed by atoms with Crippen LogP contribution in [0.4, 0.5) is 0 Å². The monoisotopic (exact) mass is 444 g/mol. The molecule has 3 rings (SSSR count). The van der Waals surface area contributed by atoms with Crippen molar-refractivity contribution in [3.05, 3.63) is 63.8 Å². The number of nitrogens with zero attached hydrogens (tertiary/aromatic N) is 1. The summed E-state index contributed by atoms with van der Waals surface area (Å²) in [5.74, 6) is -2.01. The molecule has 30 heavy (non-hydrogen) atoms. The van der Waals surface area contributed by atoms with Gasteiger partial charge in [-0.2, -0.15) is 0 Å². The Labute approximate surface area is 185 Å². The molecule has 7 heteroatoms. The number of aromatic nitrogens is 1. The number of pyridine rings is 1. The summed E-state index contributed by atoms with van der Waals surface area (Å²) in [4.78, 5) is 42.1. The molecule has 1 aliphatic rings. The average molecular weight is 445 g/mol. The van der Waals surface area contributed by atoms with Crippen LogP contribution in [0.3, 0.4) is 0 Å². The zero-order valence-electron chi connectivity index (χ0n) is 16.7. The van der Waals surface area contributed by atoms with E-state index >= 15 is 0 Å². The van der Waals surface area contributed by atoms with E-state index < -0.39 is 11.8 Å². The van der Waals surface area contributed by atoms with Crippen LogP contribution in [0, 0.1) is 19.8 Å². The Balaban J connectivity index is 1.83. The van der Waals surface area contributed by atoms with Crippen LogP contribution in [-0.4, -0.2) is 29.0 Å². The predicted octanol–water partition coefficient (Wildman–Crippen LogP) is 4.52. The summed E-state index contributed by atoms with van der Waals surface area (Å²) in [5.41, 5.74) is 5.41. The Morgan fingerprint density at radius 2 is 1.93 bits per heavy atom. The van der Waals surface area contributed by atoms with Crippen molar-refractivity contribution in [3.8, 4) is 11.3 Å². The van der Waals surface area contributed by atoms with Crippen molar-refractivity contribution in [2.75, 3.05) is 6.54 Å². The number of ketones is 2. The van der Waals surface area contributed by atoms with Crippen molar-refractivity contribution in [1.82, 2.24) is 10.3 Å². The maximum Gasteiger partial charge on any atom is 0.220 e. The number of carbonyl (C=O) groups is 3. The maximum absolute atomic E-state index is 13.0. The van der Waals surface area contributed by atoms with Gasteiger partial charge in [0.2, 0.25) is 5.91 Å². The van der Waals surface area contributed by atoms with Gasteiger partial charge in [-0.25, -0.2) is 0 Å². The Kier molecular flexibility index (Phi) is 7.06. The van der Waals surface area contributed by atoms with Crippen LogP contribution in [0.2, 0.25) is 5.02 Å². The quantitative estimate of drug-likeness (QED) is 0.664. The Hall–Kier alpha value is -2.50. The number of hydrogen-bond acceptors (Lipinski definition) is 4. The van der Waals surface area contributed by atoms with Crippen LogP contribution >= 0.6 is 23.2 Å². The van der Waals surface area contributed by atoms with Crippen molar-refractivity contribution >= 4 is 40.7 Å². The van der Waals surface area contributed by atoms with Crippen molar-refractivity contribution in [1.29, 1.82) is 0 Å². The minimum absolute atomic E-state index is 0.00206. The molecule has 1 saturated carbocycles. The SMILES string of the molecule is Cc1cc(-c2ccc(Cl)cn2)cc(C)c1C1C(=O)CC(CC(=O)NC/C=C/Cl)C1=O. The van der Waals surface area contributed by atoms with Gasteiger partial charge in [-0.1, -0.05) is 29.3 Å². The first kappa shape index (κ1) is 22.2. The topological polar surface area (TPSA) is 76.1 Å². The lowest BCUT2D eigenvalue weighted by molar-refractivity contribution is -0.128. The Morgan fingerprint density at radius 1 is 1.23 bits per heavy atom. The predicted molar refractivity (Wildman–Crippen MR) is 118 cm³/mol. The van der Waals surface area contributed by atoms with Crippen molar-refractivity contribution in [2.45, 2.75) is 32.6 Å². The van der Waals surface area contributed by atoms with E-state index in [4.69, 9.17) is 23.2 Å². The second-order valence-electron chi connectivity index (χ2n) is 7.46. The Bertz CT molecular complexity index is 993. The van der Waals surface area contributed by atoms with E-state index in [9.17, 15) is 14.4 Å². The molecule has 1 aliphatic carbocycles. The molecule has 0 radical (unpaired) electrons. The van der Waals surface area contributed by atoms with Gasteiger partial charge in [0.25, 0.3) is 0 Å². The third kappa shape index (κ3) is 4.79. The summed E-state index contributed by atoms with van der Waals surface area (Å²) in [6, 6.07) is 7.45. The van der Waals surface area contributed by atoms with Gasteiger partial charge in [0.15, 0.2) is 5.78 Å². The molecule has 1 aromatic carbocycles. The van der Waals surface area contributed by atoms with E-state index in [-0.39, 0.29) is 30.3 Å². The fourth-order valence-electron chi connectivity index (χ4n) is 3.97. The van der Waals surface area contributed by atoms with E-state index in [0.717, 1.165) is 27.9 Å². The third-order valence-corrected chi connectivity index (χ3v) is 5.70. The van der Waals surface area contributed by atoms with E-state index in [2.05, 4.69) is 10.3 Å². The second kappa shape index (κ2) is 9.54. The molecule has 1 fully saturated rings. The largest absolute Gasteiger partial charge is 0.353 e. The van der Waals surface area contributed by atoms with Gasteiger partial charge in [-0.3, -0.25) is 19.4 Å². The highest BCUT2D eigenvalue weighted by Crippen LogP contribution is 2.38. The number of hydrogen-bond donors (Lipinski definition) is 1.